The van der Waals surface area contributed by atoms with Gasteiger partial charge in [0.25, 0.3) is 0 Å². The van der Waals surface area contributed by atoms with Crippen molar-refractivity contribution >= 4 is 5.69 Å². The van der Waals surface area contributed by atoms with E-state index in [4.69, 9.17) is 9.52 Å². The zero-order chi connectivity index (χ0) is 12.1. The van der Waals surface area contributed by atoms with Crippen molar-refractivity contribution in [2.45, 2.75) is 13.5 Å². The molecule has 17 heavy (non-hydrogen) atoms. The third kappa shape index (κ3) is 3.04. The molecule has 0 bridgehead atoms. The van der Waals surface area contributed by atoms with Gasteiger partial charge < -0.3 is 14.4 Å². The lowest BCUT2D eigenvalue weighted by Gasteiger charge is -2.21. The molecule has 1 aromatic carbocycles. The SMILES string of the molecule is Cc1nnc(CN(CCO)c2ccccc2)o1. The lowest BCUT2D eigenvalue weighted by Crippen LogP contribution is -2.26. The highest BCUT2D eigenvalue weighted by Gasteiger charge is 2.10. The lowest BCUT2D eigenvalue weighted by molar-refractivity contribution is 0.299. The fourth-order valence-corrected chi connectivity index (χ4v) is 1.62. The Bertz CT molecular complexity index is 456. The molecular formula is C12H15N3O2. The number of aliphatic hydroxyl groups excluding tert-OH is 1. The lowest BCUT2D eigenvalue weighted by atomic mass is 10.3. The van der Waals surface area contributed by atoms with E-state index in [1.165, 1.54) is 0 Å². The van der Waals surface area contributed by atoms with Gasteiger partial charge in [-0.2, -0.15) is 0 Å². The van der Waals surface area contributed by atoms with Crippen LogP contribution in [-0.4, -0.2) is 28.5 Å². The van der Waals surface area contributed by atoms with Crippen LogP contribution in [0, 0.1) is 6.92 Å². The summed E-state index contributed by atoms with van der Waals surface area (Å²) >= 11 is 0. The van der Waals surface area contributed by atoms with Crippen molar-refractivity contribution in [1.82, 2.24) is 10.2 Å². The molecule has 0 amide bonds. The summed E-state index contributed by atoms with van der Waals surface area (Å²) in [5.74, 6) is 1.11. The Morgan fingerprint density at radius 1 is 1.24 bits per heavy atom. The summed E-state index contributed by atoms with van der Waals surface area (Å²) in [6, 6.07) is 9.84. The summed E-state index contributed by atoms with van der Waals surface area (Å²) in [6.45, 7) is 2.88. The number of aromatic nitrogens is 2. The van der Waals surface area contributed by atoms with Gasteiger partial charge >= 0.3 is 0 Å². The quantitative estimate of drug-likeness (QED) is 0.845. The number of para-hydroxylation sites is 1. The van der Waals surface area contributed by atoms with E-state index >= 15 is 0 Å². The first-order chi connectivity index (χ1) is 8.29. The van der Waals surface area contributed by atoms with E-state index in [9.17, 15) is 0 Å². The van der Waals surface area contributed by atoms with Gasteiger partial charge in [-0.05, 0) is 12.1 Å². The van der Waals surface area contributed by atoms with Crippen molar-refractivity contribution in [3.05, 3.63) is 42.1 Å². The predicted octanol–water partition coefficient (Wildman–Crippen LogP) is 1.38. The molecular weight excluding hydrogens is 218 g/mol. The molecule has 1 N–H and O–H groups in total. The summed E-state index contributed by atoms with van der Waals surface area (Å²) in [5.41, 5.74) is 1.03. The second-order valence-corrected chi connectivity index (χ2v) is 3.70. The molecule has 2 rings (SSSR count). The van der Waals surface area contributed by atoms with E-state index in [-0.39, 0.29) is 6.61 Å². The van der Waals surface area contributed by atoms with E-state index in [2.05, 4.69) is 10.2 Å². The maximum absolute atomic E-state index is 9.07. The molecule has 0 atom stereocenters. The maximum Gasteiger partial charge on any atom is 0.235 e. The second kappa shape index (κ2) is 5.45. The predicted molar refractivity (Wildman–Crippen MR) is 63.6 cm³/mol. The molecule has 0 radical (unpaired) electrons. The fraction of sp³-hybridized carbons (Fsp3) is 0.333. The van der Waals surface area contributed by atoms with E-state index < -0.39 is 0 Å². The van der Waals surface area contributed by atoms with Crippen LogP contribution in [0.1, 0.15) is 11.8 Å². The van der Waals surface area contributed by atoms with E-state index in [0.717, 1.165) is 5.69 Å². The highest BCUT2D eigenvalue weighted by molar-refractivity contribution is 5.45. The van der Waals surface area contributed by atoms with Crippen LogP contribution >= 0.6 is 0 Å². The molecule has 0 unspecified atom stereocenters. The summed E-state index contributed by atoms with van der Waals surface area (Å²) in [6.07, 6.45) is 0. The first kappa shape index (κ1) is 11.6. The third-order valence-electron chi connectivity index (χ3n) is 2.39. The van der Waals surface area contributed by atoms with Gasteiger partial charge in [0.2, 0.25) is 11.8 Å². The number of hydrogen-bond donors (Lipinski definition) is 1. The van der Waals surface area contributed by atoms with Gasteiger partial charge in [-0.25, -0.2) is 0 Å². The van der Waals surface area contributed by atoms with Crippen LogP contribution in [-0.2, 0) is 6.54 Å². The fourth-order valence-electron chi connectivity index (χ4n) is 1.62. The van der Waals surface area contributed by atoms with Crippen LogP contribution in [0.5, 0.6) is 0 Å². The second-order valence-electron chi connectivity index (χ2n) is 3.70. The van der Waals surface area contributed by atoms with Gasteiger partial charge in [-0.15, -0.1) is 10.2 Å². The van der Waals surface area contributed by atoms with Gasteiger partial charge in [0.05, 0.1) is 13.2 Å². The monoisotopic (exact) mass is 233 g/mol. The molecule has 2 aromatic rings. The van der Waals surface area contributed by atoms with Crippen molar-refractivity contribution in [1.29, 1.82) is 0 Å². The van der Waals surface area contributed by atoms with Crippen molar-refractivity contribution in [2.75, 3.05) is 18.1 Å². The van der Waals surface area contributed by atoms with E-state index in [0.29, 0.717) is 24.9 Å². The van der Waals surface area contributed by atoms with Crippen molar-refractivity contribution < 1.29 is 9.52 Å². The molecule has 0 saturated carbocycles. The summed E-state index contributed by atoms with van der Waals surface area (Å²) < 4.78 is 5.34. The number of benzene rings is 1. The normalized spacial score (nSPS) is 10.5. The van der Waals surface area contributed by atoms with Crippen LogP contribution in [0.25, 0.3) is 0 Å². The largest absolute Gasteiger partial charge is 0.424 e. The molecule has 0 aliphatic carbocycles. The van der Waals surface area contributed by atoms with Crippen LogP contribution in [0.2, 0.25) is 0 Å². The summed E-state index contributed by atoms with van der Waals surface area (Å²) in [7, 11) is 0. The standard InChI is InChI=1S/C12H15N3O2/c1-10-13-14-12(17-10)9-15(7-8-16)11-5-3-2-4-6-11/h2-6,16H,7-9H2,1H3. The molecule has 0 spiro atoms. The van der Waals surface area contributed by atoms with Crippen LogP contribution in [0.15, 0.2) is 34.7 Å². The Kier molecular flexibility index (Phi) is 3.72. The first-order valence-electron chi connectivity index (χ1n) is 5.49. The molecule has 1 heterocycles. The molecule has 90 valence electrons. The Morgan fingerprint density at radius 2 is 2.00 bits per heavy atom. The minimum Gasteiger partial charge on any atom is -0.424 e. The number of aliphatic hydroxyl groups is 1. The molecule has 0 aliphatic rings. The minimum absolute atomic E-state index is 0.0853. The molecule has 5 nitrogen and oxygen atoms in total. The zero-order valence-electron chi connectivity index (χ0n) is 9.71. The molecule has 5 heteroatoms. The highest BCUT2D eigenvalue weighted by Crippen LogP contribution is 2.15. The average Bonchev–Trinajstić information content (AvgIpc) is 2.75. The number of anilines is 1. The van der Waals surface area contributed by atoms with E-state index in [1.54, 1.807) is 6.92 Å². The van der Waals surface area contributed by atoms with Crippen LogP contribution < -0.4 is 4.90 Å². The van der Waals surface area contributed by atoms with Gasteiger partial charge in [0, 0.05) is 19.2 Å². The van der Waals surface area contributed by atoms with Gasteiger partial charge in [-0.3, -0.25) is 0 Å². The zero-order valence-corrected chi connectivity index (χ0v) is 9.71. The highest BCUT2D eigenvalue weighted by atomic mass is 16.4. The Morgan fingerprint density at radius 3 is 2.59 bits per heavy atom. The van der Waals surface area contributed by atoms with Crippen molar-refractivity contribution in [2.24, 2.45) is 0 Å². The molecule has 1 aromatic heterocycles. The number of rotatable bonds is 5. The topological polar surface area (TPSA) is 62.4 Å². The maximum atomic E-state index is 9.07. The van der Waals surface area contributed by atoms with Crippen molar-refractivity contribution in [3.63, 3.8) is 0 Å². The molecule has 0 fully saturated rings. The molecule has 0 aliphatic heterocycles. The van der Waals surface area contributed by atoms with Gasteiger partial charge in [-0.1, -0.05) is 18.2 Å². The summed E-state index contributed by atoms with van der Waals surface area (Å²) in [4.78, 5) is 1.99. The van der Waals surface area contributed by atoms with Crippen LogP contribution in [0.4, 0.5) is 5.69 Å². The third-order valence-corrected chi connectivity index (χ3v) is 2.39. The number of hydrogen-bond acceptors (Lipinski definition) is 5. The van der Waals surface area contributed by atoms with Gasteiger partial charge in [0.15, 0.2) is 0 Å². The Hall–Kier alpha value is -1.88. The first-order valence-corrected chi connectivity index (χ1v) is 5.49. The van der Waals surface area contributed by atoms with E-state index in [1.807, 2.05) is 35.2 Å². The van der Waals surface area contributed by atoms with Gasteiger partial charge in [0.1, 0.15) is 0 Å². The smallest absolute Gasteiger partial charge is 0.235 e. The minimum atomic E-state index is 0.0853. The summed E-state index contributed by atoms with van der Waals surface area (Å²) in [5, 5.41) is 16.8. The van der Waals surface area contributed by atoms with Crippen molar-refractivity contribution in [3.8, 4) is 0 Å². The number of aryl methyl sites for hydroxylation is 1. The Balaban J connectivity index is 2.13. The van der Waals surface area contributed by atoms with Crippen LogP contribution in [0.3, 0.4) is 0 Å². The molecule has 0 saturated heterocycles. The average molecular weight is 233 g/mol. The Labute approximate surface area is 99.7 Å². The number of nitrogens with zero attached hydrogens (tertiary/aromatic N) is 3.